The van der Waals surface area contributed by atoms with Crippen molar-refractivity contribution in [1.82, 2.24) is 5.01 Å². The van der Waals surface area contributed by atoms with Crippen molar-refractivity contribution in [3.8, 4) is 0 Å². The quantitative estimate of drug-likeness (QED) is 0.607. The number of hydrogen-bond acceptors (Lipinski definition) is 3. The molecule has 0 saturated heterocycles. The van der Waals surface area contributed by atoms with Crippen LogP contribution in [0, 0.1) is 0 Å². The van der Waals surface area contributed by atoms with Crippen LogP contribution >= 0.6 is 0 Å². The third-order valence-electron chi connectivity index (χ3n) is 1.84. The predicted octanol–water partition coefficient (Wildman–Crippen LogP) is -0.0582. The maximum absolute atomic E-state index is 11.0. The molecule has 1 aliphatic heterocycles. The van der Waals surface area contributed by atoms with E-state index in [9.17, 15) is 4.79 Å². The van der Waals surface area contributed by atoms with Crippen LogP contribution in [-0.4, -0.2) is 29.7 Å². The second-order valence-electron chi connectivity index (χ2n) is 2.70. The highest BCUT2D eigenvalue weighted by Crippen LogP contribution is 2.08. The van der Waals surface area contributed by atoms with Gasteiger partial charge in [0.25, 0.3) is 0 Å². The summed E-state index contributed by atoms with van der Waals surface area (Å²) in [5.41, 5.74) is 6.50. The maximum Gasteiger partial charge on any atom is 0.248 e. The Morgan fingerprint density at radius 3 is 2.82 bits per heavy atom. The molecule has 11 heavy (non-hydrogen) atoms. The molecule has 0 fully saturated rings. The number of carbonyl (C=O) groups is 1. The monoisotopic (exact) mass is 155 g/mol. The molecule has 0 aromatic heterocycles. The Kier molecular flexibility index (Phi) is 2.24. The zero-order valence-electron chi connectivity index (χ0n) is 6.87. The molecule has 4 heteroatoms. The van der Waals surface area contributed by atoms with Crippen molar-refractivity contribution in [1.29, 1.82) is 0 Å². The Bertz CT molecular complexity index is 200. The van der Waals surface area contributed by atoms with Crippen LogP contribution in [0.25, 0.3) is 0 Å². The Hall–Kier alpha value is -0.900. The fourth-order valence-electron chi connectivity index (χ4n) is 0.994. The van der Waals surface area contributed by atoms with Crippen LogP contribution < -0.4 is 5.73 Å². The minimum Gasteiger partial charge on any atom is -0.323 e. The van der Waals surface area contributed by atoms with Gasteiger partial charge in [0.05, 0.1) is 12.1 Å². The zero-order valence-corrected chi connectivity index (χ0v) is 6.87. The van der Waals surface area contributed by atoms with E-state index in [1.165, 1.54) is 5.01 Å². The molecule has 0 radical (unpaired) electrons. The SMILES string of the molecule is CCC(N)C1=NN(C)C(=O)C1. The lowest BCUT2D eigenvalue weighted by atomic mass is 10.1. The highest BCUT2D eigenvalue weighted by Gasteiger charge is 2.23. The molecule has 0 aliphatic carbocycles. The van der Waals surface area contributed by atoms with Crippen molar-refractivity contribution < 1.29 is 4.79 Å². The number of carbonyl (C=O) groups excluding carboxylic acids is 1. The fourth-order valence-corrected chi connectivity index (χ4v) is 0.994. The predicted molar refractivity (Wildman–Crippen MR) is 43.1 cm³/mol. The number of nitrogens with two attached hydrogens (primary N) is 1. The lowest BCUT2D eigenvalue weighted by molar-refractivity contribution is -0.127. The summed E-state index contributed by atoms with van der Waals surface area (Å²) in [4.78, 5) is 11.0. The Morgan fingerprint density at radius 2 is 2.45 bits per heavy atom. The first-order chi connectivity index (χ1) is 5.15. The molecule has 1 rings (SSSR count). The van der Waals surface area contributed by atoms with Gasteiger partial charge in [-0.2, -0.15) is 5.10 Å². The van der Waals surface area contributed by atoms with Crippen molar-refractivity contribution in [2.45, 2.75) is 25.8 Å². The average molecular weight is 155 g/mol. The van der Waals surface area contributed by atoms with Crippen LogP contribution in [0.4, 0.5) is 0 Å². The standard InChI is InChI=1S/C7H13N3O/c1-3-5(8)6-4-7(11)10(2)9-6/h5H,3-4,8H2,1-2H3. The molecular formula is C7H13N3O. The second kappa shape index (κ2) is 3.00. The molecule has 2 N–H and O–H groups in total. The van der Waals surface area contributed by atoms with E-state index in [1.54, 1.807) is 7.05 Å². The van der Waals surface area contributed by atoms with E-state index in [0.717, 1.165) is 12.1 Å². The summed E-state index contributed by atoms with van der Waals surface area (Å²) >= 11 is 0. The smallest absolute Gasteiger partial charge is 0.248 e. The number of nitrogens with zero attached hydrogens (tertiary/aromatic N) is 2. The van der Waals surface area contributed by atoms with Crippen LogP contribution in [0.5, 0.6) is 0 Å². The summed E-state index contributed by atoms with van der Waals surface area (Å²) in [7, 11) is 1.65. The van der Waals surface area contributed by atoms with Gasteiger partial charge in [-0.25, -0.2) is 5.01 Å². The molecule has 0 bridgehead atoms. The molecule has 1 aliphatic rings. The van der Waals surface area contributed by atoms with Gasteiger partial charge in [-0.3, -0.25) is 4.79 Å². The van der Waals surface area contributed by atoms with Gasteiger partial charge in [0.1, 0.15) is 0 Å². The molecule has 0 aromatic rings. The van der Waals surface area contributed by atoms with Gasteiger partial charge < -0.3 is 5.73 Å². The van der Waals surface area contributed by atoms with E-state index in [2.05, 4.69) is 5.10 Å². The van der Waals surface area contributed by atoms with E-state index in [0.29, 0.717) is 6.42 Å². The van der Waals surface area contributed by atoms with E-state index in [4.69, 9.17) is 5.73 Å². The molecule has 62 valence electrons. The first-order valence-corrected chi connectivity index (χ1v) is 3.74. The lowest BCUT2D eigenvalue weighted by Crippen LogP contribution is -2.28. The Morgan fingerprint density at radius 1 is 1.82 bits per heavy atom. The molecule has 1 amide bonds. The summed E-state index contributed by atoms with van der Waals surface area (Å²) in [5, 5.41) is 5.37. The van der Waals surface area contributed by atoms with Crippen LogP contribution in [0.1, 0.15) is 19.8 Å². The van der Waals surface area contributed by atoms with Crippen molar-refractivity contribution >= 4 is 11.6 Å². The van der Waals surface area contributed by atoms with Crippen LogP contribution in [0.15, 0.2) is 5.10 Å². The number of hydrazone groups is 1. The van der Waals surface area contributed by atoms with Crippen LogP contribution in [0.2, 0.25) is 0 Å². The highest BCUT2D eigenvalue weighted by molar-refractivity contribution is 6.07. The first-order valence-electron chi connectivity index (χ1n) is 3.74. The van der Waals surface area contributed by atoms with Gasteiger partial charge in [0, 0.05) is 13.1 Å². The fraction of sp³-hybridized carbons (Fsp3) is 0.714. The van der Waals surface area contributed by atoms with Crippen molar-refractivity contribution in [3.63, 3.8) is 0 Å². The minimum absolute atomic E-state index is 0.0314. The van der Waals surface area contributed by atoms with Gasteiger partial charge in [-0.05, 0) is 6.42 Å². The van der Waals surface area contributed by atoms with Crippen molar-refractivity contribution in [2.75, 3.05) is 7.05 Å². The summed E-state index contributed by atoms with van der Waals surface area (Å²) < 4.78 is 0. The van der Waals surface area contributed by atoms with E-state index in [1.807, 2.05) is 6.92 Å². The third-order valence-corrected chi connectivity index (χ3v) is 1.84. The summed E-state index contributed by atoms with van der Waals surface area (Å²) in [6.07, 6.45) is 1.23. The molecule has 4 nitrogen and oxygen atoms in total. The van der Waals surface area contributed by atoms with Gasteiger partial charge in [0.15, 0.2) is 0 Å². The lowest BCUT2D eigenvalue weighted by Gasteiger charge is -2.04. The molecule has 0 spiro atoms. The largest absolute Gasteiger partial charge is 0.323 e. The van der Waals surface area contributed by atoms with Crippen LogP contribution in [0.3, 0.4) is 0 Å². The van der Waals surface area contributed by atoms with Gasteiger partial charge in [-0.1, -0.05) is 6.92 Å². The van der Waals surface area contributed by atoms with E-state index >= 15 is 0 Å². The minimum atomic E-state index is -0.0519. The first kappa shape index (κ1) is 8.20. The maximum atomic E-state index is 11.0. The van der Waals surface area contributed by atoms with Gasteiger partial charge in [-0.15, -0.1) is 0 Å². The van der Waals surface area contributed by atoms with Crippen LogP contribution in [-0.2, 0) is 4.79 Å². The molecule has 0 saturated carbocycles. The summed E-state index contributed by atoms with van der Waals surface area (Å²) in [6.45, 7) is 1.98. The normalized spacial score (nSPS) is 20.5. The van der Waals surface area contributed by atoms with Crippen molar-refractivity contribution in [3.05, 3.63) is 0 Å². The van der Waals surface area contributed by atoms with Crippen molar-refractivity contribution in [2.24, 2.45) is 10.8 Å². The average Bonchev–Trinajstić information content (AvgIpc) is 2.31. The zero-order chi connectivity index (χ0) is 8.43. The number of amides is 1. The highest BCUT2D eigenvalue weighted by atomic mass is 16.2. The molecule has 1 unspecified atom stereocenters. The van der Waals surface area contributed by atoms with E-state index in [-0.39, 0.29) is 11.9 Å². The van der Waals surface area contributed by atoms with Gasteiger partial charge in [0.2, 0.25) is 5.91 Å². The Balaban J connectivity index is 2.63. The Labute approximate surface area is 66.0 Å². The van der Waals surface area contributed by atoms with Gasteiger partial charge >= 0.3 is 0 Å². The second-order valence-corrected chi connectivity index (χ2v) is 2.70. The number of rotatable bonds is 2. The molecule has 1 atom stereocenters. The molecular weight excluding hydrogens is 142 g/mol. The summed E-state index contributed by atoms with van der Waals surface area (Å²) in [6, 6.07) is -0.0519. The summed E-state index contributed by atoms with van der Waals surface area (Å²) in [5.74, 6) is 0.0314. The molecule has 1 heterocycles. The van der Waals surface area contributed by atoms with E-state index < -0.39 is 0 Å². The molecule has 0 aromatic carbocycles. The third kappa shape index (κ3) is 1.57. The number of hydrogen-bond donors (Lipinski definition) is 1. The topological polar surface area (TPSA) is 58.7 Å².